The minimum Gasteiger partial charge on any atom is -0.322 e. The Morgan fingerprint density at radius 1 is 1.24 bits per heavy atom. The Balaban J connectivity index is 2.32. The number of anilines is 1. The van der Waals surface area contributed by atoms with Crippen LogP contribution in [0.4, 0.5) is 5.69 Å². The van der Waals surface area contributed by atoms with Crippen LogP contribution in [0.25, 0.3) is 0 Å². The average Bonchev–Trinajstić information content (AvgIpc) is 2.54. The van der Waals surface area contributed by atoms with E-state index in [4.69, 9.17) is 0 Å². The van der Waals surface area contributed by atoms with Crippen LogP contribution in [-0.4, -0.2) is 17.7 Å². The van der Waals surface area contributed by atoms with Gasteiger partial charge in [-0.15, -0.1) is 0 Å². The topological polar surface area (TPSA) is 75.3 Å². The maximum Gasteiger partial charge on any atom is 0.259 e. The number of benzene rings is 1. The van der Waals surface area contributed by atoms with Crippen molar-refractivity contribution < 1.29 is 14.4 Å². The van der Waals surface area contributed by atoms with Gasteiger partial charge >= 0.3 is 0 Å². The van der Waals surface area contributed by atoms with Gasteiger partial charge in [-0.2, -0.15) is 0 Å². The molecule has 1 aromatic rings. The van der Waals surface area contributed by atoms with Gasteiger partial charge in [-0.1, -0.05) is 6.58 Å². The number of carbonyl (C=O) groups is 3. The van der Waals surface area contributed by atoms with Gasteiger partial charge in [-0.25, -0.2) is 0 Å². The molecule has 0 saturated carbocycles. The fourth-order valence-electron chi connectivity index (χ4n) is 1.48. The first kappa shape index (κ1) is 11.1. The fraction of sp³-hybridized carbons (Fsp3) is 0.0833. The molecule has 5 heteroatoms. The summed E-state index contributed by atoms with van der Waals surface area (Å²) in [6.45, 7) is 5.09. The van der Waals surface area contributed by atoms with Gasteiger partial charge < -0.3 is 5.32 Å². The van der Waals surface area contributed by atoms with Crippen LogP contribution in [0, 0.1) is 0 Å². The molecule has 0 saturated heterocycles. The molecular weight excluding hydrogens is 220 g/mol. The van der Waals surface area contributed by atoms with Crippen molar-refractivity contribution in [3.05, 3.63) is 41.5 Å². The second-order valence-corrected chi connectivity index (χ2v) is 3.78. The molecule has 2 N–H and O–H groups in total. The van der Waals surface area contributed by atoms with E-state index in [9.17, 15) is 14.4 Å². The van der Waals surface area contributed by atoms with Gasteiger partial charge in [0.1, 0.15) is 0 Å². The van der Waals surface area contributed by atoms with Gasteiger partial charge in [0.15, 0.2) is 0 Å². The highest BCUT2D eigenvalue weighted by Gasteiger charge is 2.26. The highest BCUT2D eigenvalue weighted by Crippen LogP contribution is 2.20. The molecule has 0 radical (unpaired) electrons. The van der Waals surface area contributed by atoms with E-state index in [-0.39, 0.29) is 11.5 Å². The molecule has 0 spiro atoms. The molecule has 5 nitrogen and oxygen atoms in total. The number of carbonyl (C=O) groups excluding carboxylic acids is 3. The van der Waals surface area contributed by atoms with E-state index >= 15 is 0 Å². The first-order chi connectivity index (χ1) is 7.99. The van der Waals surface area contributed by atoms with Gasteiger partial charge in [-0.05, 0) is 25.1 Å². The molecule has 0 unspecified atom stereocenters. The second-order valence-electron chi connectivity index (χ2n) is 3.78. The van der Waals surface area contributed by atoms with Crippen molar-refractivity contribution in [1.29, 1.82) is 0 Å². The summed E-state index contributed by atoms with van der Waals surface area (Å²) in [4.78, 5) is 34.0. The first-order valence-electron chi connectivity index (χ1n) is 4.95. The summed E-state index contributed by atoms with van der Waals surface area (Å²) >= 11 is 0. The van der Waals surface area contributed by atoms with E-state index in [1.54, 1.807) is 13.0 Å². The van der Waals surface area contributed by atoms with Crippen molar-refractivity contribution in [3.8, 4) is 0 Å². The van der Waals surface area contributed by atoms with E-state index in [1.807, 2.05) is 0 Å². The van der Waals surface area contributed by atoms with Crippen molar-refractivity contribution in [2.45, 2.75) is 6.92 Å². The normalized spacial score (nSPS) is 13.0. The molecular formula is C12H10N2O3. The lowest BCUT2D eigenvalue weighted by atomic mass is 10.1. The lowest BCUT2D eigenvalue weighted by molar-refractivity contribution is -0.112. The van der Waals surface area contributed by atoms with Crippen LogP contribution in [0.5, 0.6) is 0 Å². The third-order valence-electron chi connectivity index (χ3n) is 2.38. The van der Waals surface area contributed by atoms with Crippen LogP contribution >= 0.6 is 0 Å². The minimum atomic E-state index is -0.448. The number of fused-ring (bicyclic) bond motifs is 1. The highest BCUT2D eigenvalue weighted by molar-refractivity contribution is 6.22. The van der Waals surface area contributed by atoms with Crippen molar-refractivity contribution in [3.63, 3.8) is 0 Å². The predicted molar refractivity (Wildman–Crippen MR) is 61.7 cm³/mol. The molecule has 1 aliphatic heterocycles. The Kier molecular flexibility index (Phi) is 2.51. The quantitative estimate of drug-likeness (QED) is 0.589. The molecule has 0 bridgehead atoms. The molecule has 1 aromatic carbocycles. The predicted octanol–water partition coefficient (Wildman–Crippen LogP) is 1.08. The number of hydrogen-bond donors (Lipinski definition) is 2. The Morgan fingerprint density at radius 3 is 2.53 bits per heavy atom. The lowest BCUT2D eigenvalue weighted by Gasteiger charge is -2.05. The van der Waals surface area contributed by atoms with E-state index < -0.39 is 11.8 Å². The molecule has 1 heterocycles. The van der Waals surface area contributed by atoms with Crippen molar-refractivity contribution in [2.75, 3.05) is 5.32 Å². The maximum atomic E-state index is 11.4. The number of imide groups is 1. The van der Waals surface area contributed by atoms with Gasteiger partial charge in [0.25, 0.3) is 17.7 Å². The zero-order valence-corrected chi connectivity index (χ0v) is 9.16. The molecule has 2 rings (SSSR count). The van der Waals surface area contributed by atoms with Crippen LogP contribution < -0.4 is 10.6 Å². The number of rotatable bonds is 2. The van der Waals surface area contributed by atoms with Crippen molar-refractivity contribution >= 4 is 23.4 Å². The molecule has 0 aromatic heterocycles. The zero-order valence-electron chi connectivity index (χ0n) is 9.16. The maximum absolute atomic E-state index is 11.4. The molecule has 0 fully saturated rings. The van der Waals surface area contributed by atoms with Crippen LogP contribution in [0.1, 0.15) is 27.6 Å². The first-order valence-corrected chi connectivity index (χ1v) is 4.95. The van der Waals surface area contributed by atoms with Gasteiger partial charge in [0.2, 0.25) is 0 Å². The molecule has 17 heavy (non-hydrogen) atoms. The average molecular weight is 230 g/mol. The Hall–Kier alpha value is -2.43. The molecule has 3 amide bonds. The zero-order chi connectivity index (χ0) is 12.6. The Bertz CT molecular complexity index is 561. The number of nitrogens with one attached hydrogen (secondary N) is 2. The van der Waals surface area contributed by atoms with Crippen LogP contribution in [-0.2, 0) is 4.79 Å². The summed E-state index contributed by atoms with van der Waals surface area (Å²) < 4.78 is 0. The largest absolute Gasteiger partial charge is 0.322 e. The fourth-order valence-corrected chi connectivity index (χ4v) is 1.48. The van der Waals surface area contributed by atoms with Crippen molar-refractivity contribution in [1.82, 2.24) is 5.32 Å². The van der Waals surface area contributed by atoms with Gasteiger partial charge in [0, 0.05) is 11.3 Å². The van der Waals surface area contributed by atoms with E-state index in [1.165, 1.54) is 12.1 Å². The van der Waals surface area contributed by atoms with Crippen LogP contribution in [0.3, 0.4) is 0 Å². The number of hydrogen-bond acceptors (Lipinski definition) is 3. The molecule has 86 valence electrons. The van der Waals surface area contributed by atoms with E-state index in [0.717, 1.165) is 0 Å². The number of amides is 3. The third-order valence-corrected chi connectivity index (χ3v) is 2.38. The summed E-state index contributed by atoms with van der Waals surface area (Å²) in [7, 11) is 0. The van der Waals surface area contributed by atoms with Gasteiger partial charge in [-0.3, -0.25) is 19.7 Å². The standard InChI is InChI=1S/C12H10N2O3/c1-6(2)10(15)13-7-3-4-8-9(5-7)12(17)14-11(8)16/h3-5H,1H2,2H3,(H,13,15)(H,14,16,17). The smallest absolute Gasteiger partial charge is 0.259 e. The summed E-state index contributed by atoms with van der Waals surface area (Å²) in [5.74, 6) is -1.19. The molecule has 0 atom stereocenters. The summed E-state index contributed by atoms with van der Waals surface area (Å²) in [6, 6.07) is 4.54. The monoisotopic (exact) mass is 230 g/mol. The molecule has 0 aliphatic carbocycles. The second kappa shape index (κ2) is 3.86. The third kappa shape index (κ3) is 1.94. The minimum absolute atomic E-state index is 0.273. The van der Waals surface area contributed by atoms with E-state index in [2.05, 4.69) is 17.2 Å². The van der Waals surface area contributed by atoms with Crippen LogP contribution in [0.15, 0.2) is 30.4 Å². The summed E-state index contributed by atoms with van der Waals surface area (Å²) in [5.41, 5.74) is 1.42. The SMILES string of the molecule is C=C(C)C(=O)Nc1ccc2c(c1)C(=O)NC2=O. The molecule has 1 aliphatic rings. The van der Waals surface area contributed by atoms with E-state index in [0.29, 0.717) is 16.8 Å². The van der Waals surface area contributed by atoms with Crippen molar-refractivity contribution in [2.24, 2.45) is 0 Å². The highest BCUT2D eigenvalue weighted by atomic mass is 16.2. The summed E-state index contributed by atoms with van der Waals surface area (Å²) in [6.07, 6.45) is 0. The summed E-state index contributed by atoms with van der Waals surface area (Å²) in [5, 5.41) is 4.75. The lowest BCUT2D eigenvalue weighted by Crippen LogP contribution is -2.19. The van der Waals surface area contributed by atoms with Crippen LogP contribution in [0.2, 0.25) is 0 Å². The Labute approximate surface area is 97.5 Å². The van der Waals surface area contributed by atoms with Gasteiger partial charge in [0.05, 0.1) is 11.1 Å². The Morgan fingerprint density at radius 2 is 1.88 bits per heavy atom.